The highest BCUT2D eigenvalue weighted by atomic mass is 16.3. The molecule has 0 bridgehead atoms. The molecule has 0 saturated heterocycles. The van der Waals surface area contributed by atoms with Gasteiger partial charge in [0, 0.05) is 11.8 Å². The van der Waals surface area contributed by atoms with Gasteiger partial charge < -0.3 is 9.73 Å². The van der Waals surface area contributed by atoms with E-state index in [0.717, 1.165) is 28.4 Å². The van der Waals surface area contributed by atoms with E-state index >= 15 is 0 Å². The quantitative estimate of drug-likeness (QED) is 0.868. The van der Waals surface area contributed by atoms with Crippen LogP contribution in [0.25, 0.3) is 6.08 Å². The number of furan rings is 1. The molecule has 0 aliphatic heterocycles. The van der Waals surface area contributed by atoms with Crippen molar-refractivity contribution < 1.29 is 9.21 Å². The van der Waals surface area contributed by atoms with Gasteiger partial charge >= 0.3 is 0 Å². The molecule has 0 unspecified atom stereocenters. The van der Waals surface area contributed by atoms with Crippen LogP contribution in [-0.4, -0.2) is 10.9 Å². The Kier molecular flexibility index (Phi) is 4.03. The van der Waals surface area contributed by atoms with Gasteiger partial charge in [0.05, 0.1) is 11.4 Å². The van der Waals surface area contributed by atoms with E-state index in [9.17, 15) is 4.79 Å². The van der Waals surface area contributed by atoms with E-state index in [-0.39, 0.29) is 5.91 Å². The Balaban J connectivity index is 2.10. The van der Waals surface area contributed by atoms with Gasteiger partial charge in [0.15, 0.2) is 0 Å². The van der Waals surface area contributed by atoms with Crippen LogP contribution in [0.5, 0.6) is 0 Å². The van der Waals surface area contributed by atoms with Crippen LogP contribution in [0, 0.1) is 27.7 Å². The lowest BCUT2D eigenvalue weighted by Crippen LogP contribution is -2.11. The fourth-order valence-corrected chi connectivity index (χ4v) is 2.08. The molecule has 1 N–H and O–H groups in total. The van der Waals surface area contributed by atoms with E-state index in [2.05, 4.69) is 10.3 Å². The van der Waals surface area contributed by atoms with Gasteiger partial charge in [-0.15, -0.1) is 0 Å². The Bertz CT molecular complexity index is 646. The molecule has 2 aromatic heterocycles. The van der Waals surface area contributed by atoms with E-state index in [0.29, 0.717) is 5.76 Å². The fourth-order valence-electron chi connectivity index (χ4n) is 2.08. The molecule has 4 nitrogen and oxygen atoms in total. The summed E-state index contributed by atoms with van der Waals surface area (Å²) in [6.45, 7) is 7.64. The van der Waals surface area contributed by atoms with Crippen molar-refractivity contribution in [2.24, 2.45) is 0 Å². The summed E-state index contributed by atoms with van der Waals surface area (Å²) in [5, 5.41) is 2.85. The second kappa shape index (κ2) is 5.74. The van der Waals surface area contributed by atoms with E-state index in [1.165, 1.54) is 6.08 Å². The molecular formula is C16H18N2O2. The minimum absolute atomic E-state index is 0.198. The second-order valence-corrected chi connectivity index (χ2v) is 4.81. The van der Waals surface area contributed by atoms with Gasteiger partial charge in [-0.3, -0.25) is 9.78 Å². The number of amides is 1. The Morgan fingerprint density at radius 2 is 2.00 bits per heavy atom. The van der Waals surface area contributed by atoms with Gasteiger partial charge in [0.1, 0.15) is 11.5 Å². The van der Waals surface area contributed by atoms with Crippen molar-refractivity contribution in [1.82, 2.24) is 4.98 Å². The first-order valence-electron chi connectivity index (χ1n) is 6.46. The number of anilines is 1. The molecule has 2 heterocycles. The van der Waals surface area contributed by atoms with Gasteiger partial charge in [-0.05, 0) is 57.5 Å². The van der Waals surface area contributed by atoms with Crippen molar-refractivity contribution in [3.05, 3.63) is 52.7 Å². The number of pyridine rings is 1. The number of hydrogen-bond acceptors (Lipinski definition) is 3. The molecule has 0 atom stereocenters. The Labute approximate surface area is 118 Å². The Morgan fingerprint density at radius 1 is 1.25 bits per heavy atom. The summed E-state index contributed by atoms with van der Waals surface area (Å²) in [4.78, 5) is 16.3. The van der Waals surface area contributed by atoms with Crippen LogP contribution >= 0.6 is 0 Å². The van der Waals surface area contributed by atoms with Crippen molar-refractivity contribution in [2.45, 2.75) is 27.7 Å². The maximum atomic E-state index is 11.9. The van der Waals surface area contributed by atoms with E-state index in [4.69, 9.17) is 4.42 Å². The van der Waals surface area contributed by atoms with Gasteiger partial charge in [-0.25, -0.2) is 0 Å². The summed E-state index contributed by atoms with van der Waals surface area (Å²) in [7, 11) is 0. The molecule has 0 fully saturated rings. The zero-order chi connectivity index (χ0) is 14.7. The van der Waals surface area contributed by atoms with E-state index in [1.54, 1.807) is 6.08 Å². The van der Waals surface area contributed by atoms with Crippen molar-refractivity contribution in [1.29, 1.82) is 0 Å². The third kappa shape index (κ3) is 3.35. The molecule has 0 saturated carbocycles. The molecule has 2 rings (SSSR count). The highest BCUT2D eigenvalue weighted by Crippen LogP contribution is 2.19. The first-order valence-corrected chi connectivity index (χ1v) is 6.46. The second-order valence-electron chi connectivity index (χ2n) is 4.81. The number of carbonyl (C=O) groups is 1. The summed E-state index contributed by atoms with van der Waals surface area (Å²) in [5.74, 6) is 1.28. The molecule has 0 spiro atoms. The monoisotopic (exact) mass is 270 g/mol. The van der Waals surface area contributed by atoms with Gasteiger partial charge in [-0.1, -0.05) is 0 Å². The zero-order valence-corrected chi connectivity index (χ0v) is 12.2. The van der Waals surface area contributed by atoms with Crippen LogP contribution in [-0.2, 0) is 4.79 Å². The smallest absolute Gasteiger partial charge is 0.248 e. The average Bonchev–Trinajstić information content (AvgIpc) is 2.77. The summed E-state index contributed by atoms with van der Waals surface area (Å²) >= 11 is 0. The third-order valence-electron chi connectivity index (χ3n) is 2.93. The van der Waals surface area contributed by atoms with Crippen molar-refractivity contribution >= 4 is 17.7 Å². The molecule has 104 valence electrons. The zero-order valence-electron chi connectivity index (χ0n) is 12.2. The molecule has 2 aromatic rings. The predicted molar refractivity (Wildman–Crippen MR) is 79.6 cm³/mol. The normalized spacial score (nSPS) is 11.0. The van der Waals surface area contributed by atoms with Gasteiger partial charge in [0.25, 0.3) is 0 Å². The Hall–Kier alpha value is -2.36. The van der Waals surface area contributed by atoms with Crippen molar-refractivity contribution in [2.75, 3.05) is 5.32 Å². The minimum Gasteiger partial charge on any atom is -0.462 e. The summed E-state index contributed by atoms with van der Waals surface area (Å²) < 4.78 is 5.37. The third-order valence-corrected chi connectivity index (χ3v) is 2.93. The van der Waals surface area contributed by atoms with E-state index < -0.39 is 0 Å². The lowest BCUT2D eigenvalue weighted by atomic mass is 10.1. The molecule has 1 amide bonds. The molecule has 0 aliphatic carbocycles. The van der Waals surface area contributed by atoms with Crippen molar-refractivity contribution in [3.63, 3.8) is 0 Å². The van der Waals surface area contributed by atoms with Crippen LogP contribution in [0.4, 0.5) is 5.69 Å². The summed E-state index contributed by atoms with van der Waals surface area (Å²) in [5.41, 5.74) is 3.53. The molecule has 0 aromatic carbocycles. The van der Waals surface area contributed by atoms with Gasteiger partial charge in [-0.2, -0.15) is 0 Å². The maximum absolute atomic E-state index is 11.9. The number of nitrogens with zero attached hydrogens (tertiary/aromatic N) is 1. The largest absolute Gasteiger partial charge is 0.462 e. The number of aromatic nitrogens is 1. The number of hydrogen-bond donors (Lipinski definition) is 1. The molecule has 20 heavy (non-hydrogen) atoms. The van der Waals surface area contributed by atoms with E-state index in [1.807, 2.05) is 45.9 Å². The van der Waals surface area contributed by atoms with Crippen LogP contribution < -0.4 is 5.32 Å². The lowest BCUT2D eigenvalue weighted by molar-refractivity contribution is -0.111. The summed E-state index contributed by atoms with van der Waals surface area (Å²) in [6, 6.07) is 5.63. The minimum atomic E-state index is -0.198. The predicted octanol–water partition coefficient (Wildman–Crippen LogP) is 3.56. The lowest BCUT2D eigenvalue weighted by Gasteiger charge is -2.10. The number of nitrogens with one attached hydrogen (secondary N) is 1. The topological polar surface area (TPSA) is 55.1 Å². The molecule has 4 heteroatoms. The highest BCUT2D eigenvalue weighted by molar-refractivity contribution is 6.02. The molecular weight excluding hydrogens is 252 g/mol. The standard InChI is InChI=1S/C16H18N2O2/c1-10-9-11(2)17-13(4)16(10)18-15(19)8-7-14-6-5-12(3)20-14/h5-9H,1-4H3,(H,18,19). The van der Waals surface area contributed by atoms with Gasteiger partial charge in [0.2, 0.25) is 5.91 Å². The Morgan fingerprint density at radius 3 is 2.60 bits per heavy atom. The SMILES string of the molecule is Cc1cc(C)c(NC(=O)C=Cc2ccc(C)o2)c(C)n1. The van der Waals surface area contributed by atoms with Crippen LogP contribution in [0.2, 0.25) is 0 Å². The first-order chi connectivity index (χ1) is 9.45. The number of rotatable bonds is 3. The van der Waals surface area contributed by atoms with Crippen molar-refractivity contribution in [3.8, 4) is 0 Å². The van der Waals surface area contributed by atoms with Crippen LogP contribution in [0.3, 0.4) is 0 Å². The number of aryl methyl sites for hydroxylation is 4. The highest BCUT2D eigenvalue weighted by Gasteiger charge is 2.07. The average molecular weight is 270 g/mol. The first kappa shape index (κ1) is 14.1. The molecule has 0 aliphatic rings. The number of carbonyl (C=O) groups excluding carboxylic acids is 1. The maximum Gasteiger partial charge on any atom is 0.248 e. The fraction of sp³-hybridized carbons (Fsp3) is 0.250. The van der Waals surface area contributed by atoms with Crippen LogP contribution in [0.15, 0.2) is 28.7 Å². The van der Waals surface area contributed by atoms with Crippen LogP contribution in [0.1, 0.15) is 28.5 Å². The molecule has 0 radical (unpaired) electrons. The summed E-state index contributed by atoms with van der Waals surface area (Å²) in [6.07, 6.45) is 3.10.